The molecule has 4 heteroatoms. The van der Waals surface area contributed by atoms with E-state index in [0.29, 0.717) is 18.4 Å². The van der Waals surface area contributed by atoms with Crippen LogP contribution in [0, 0.1) is 5.41 Å². The lowest BCUT2D eigenvalue weighted by Crippen LogP contribution is -2.37. The van der Waals surface area contributed by atoms with Gasteiger partial charge in [-0.2, -0.15) is 0 Å². The molecular weight excluding hydrogens is 422 g/mol. The molecule has 1 atom stereocenters. The summed E-state index contributed by atoms with van der Waals surface area (Å²) >= 11 is 0. The molecule has 0 radical (unpaired) electrons. The van der Waals surface area contributed by atoms with Crippen molar-refractivity contribution in [3.63, 3.8) is 0 Å². The zero-order valence-electron chi connectivity index (χ0n) is 20.3. The predicted molar refractivity (Wildman–Crippen MR) is 137 cm³/mol. The van der Waals surface area contributed by atoms with Crippen molar-refractivity contribution in [1.82, 2.24) is 0 Å². The number of nitrogens with one attached hydrogen (secondary N) is 1. The zero-order valence-corrected chi connectivity index (χ0v) is 20.3. The lowest BCUT2D eigenvalue weighted by molar-refractivity contribution is -0.148. The molecule has 1 heterocycles. The molecule has 0 spiro atoms. The lowest BCUT2D eigenvalue weighted by Gasteiger charge is -2.32. The van der Waals surface area contributed by atoms with Crippen molar-refractivity contribution >= 4 is 11.7 Å². The first kappa shape index (κ1) is 23.6. The Balaban J connectivity index is 1.87. The third-order valence-corrected chi connectivity index (χ3v) is 6.52. The van der Waals surface area contributed by atoms with Crippen LogP contribution < -0.4 is 5.32 Å². The van der Waals surface area contributed by atoms with Crippen molar-refractivity contribution in [2.24, 2.45) is 5.41 Å². The van der Waals surface area contributed by atoms with Crippen molar-refractivity contribution in [3.05, 3.63) is 113 Å². The number of aliphatic hydroxyl groups is 1. The highest BCUT2D eigenvalue weighted by Crippen LogP contribution is 2.49. The first-order valence-electron chi connectivity index (χ1n) is 11.8. The molecule has 0 aliphatic carbocycles. The number of esters is 1. The van der Waals surface area contributed by atoms with Crippen molar-refractivity contribution < 1.29 is 14.6 Å². The SMILES string of the molecule is CNc1cccc(C(C2=C(O)C(Cc3ccccc3)(Cc3ccccc3)OC2=O)C(C)(C)C)c1. The Morgan fingerprint density at radius 2 is 1.44 bits per heavy atom. The summed E-state index contributed by atoms with van der Waals surface area (Å²) in [4.78, 5) is 13.5. The number of cyclic esters (lactones) is 1. The molecule has 1 aliphatic heterocycles. The highest BCUT2D eigenvalue weighted by atomic mass is 16.6. The van der Waals surface area contributed by atoms with Crippen molar-refractivity contribution in [3.8, 4) is 0 Å². The van der Waals surface area contributed by atoms with E-state index in [-0.39, 0.29) is 17.1 Å². The van der Waals surface area contributed by atoms with E-state index >= 15 is 0 Å². The minimum atomic E-state index is -1.15. The quantitative estimate of drug-likeness (QED) is 0.402. The Hall–Kier alpha value is -3.53. The predicted octanol–water partition coefficient (Wildman–Crippen LogP) is 6.45. The van der Waals surface area contributed by atoms with Crippen LogP contribution in [0.3, 0.4) is 0 Å². The van der Waals surface area contributed by atoms with E-state index in [1.165, 1.54) is 0 Å². The molecule has 1 aliphatic rings. The number of benzene rings is 3. The van der Waals surface area contributed by atoms with Crippen LogP contribution in [-0.2, 0) is 22.4 Å². The molecule has 0 aromatic heterocycles. The van der Waals surface area contributed by atoms with E-state index in [4.69, 9.17) is 4.74 Å². The van der Waals surface area contributed by atoms with E-state index in [9.17, 15) is 9.90 Å². The van der Waals surface area contributed by atoms with Gasteiger partial charge < -0.3 is 15.2 Å². The third-order valence-electron chi connectivity index (χ3n) is 6.52. The maximum Gasteiger partial charge on any atom is 0.339 e. The van der Waals surface area contributed by atoms with Gasteiger partial charge in [0.25, 0.3) is 0 Å². The Bertz CT molecular complexity index is 1130. The van der Waals surface area contributed by atoms with Crippen LogP contribution in [0.15, 0.2) is 96.3 Å². The van der Waals surface area contributed by atoms with Crippen molar-refractivity contribution in [2.75, 3.05) is 12.4 Å². The molecule has 0 amide bonds. The molecule has 0 saturated carbocycles. The second-order valence-electron chi connectivity index (χ2n) is 10.1. The van der Waals surface area contributed by atoms with Crippen LogP contribution >= 0.6 is 0 Å². The van der Waals surface area contributed by atoms with E-state index < -0.39 is 11.6 Å². The van der Waals surface area contributed by atoms with E-state index in [2.05, 4.69) is 26.1 Å². The minimum absolute atomic E-state index is 0.0417. The van der Waals surface area contributed by atoms with Gasteiger partial charge in [-0.25, -0.2) is 4.79 Å². The fourth-order valence-corrected chi connectivity index (χ4v) is 5.00. The molecule has 3 aromatic carbocycles. The number of rotatable bonds is 7. The summed E-state index contributed by atoms with van der Waals surface area (Å²) in [6, 6.07) is 27.8. The first-order chi connectivity index (χ1) is 16.2. The fraction of sp³-hybridized carbons (Fsp3) is 0.300. The van der Waals surface area contributed by atoms with Crippen molar-refractivity contribution in [1.29, 1.82) is 0 Å². The highest BCUT2D eigenvalue weighted by Gasteiger charge is 2.52. The molecule has 0 saturated heterocycles. The molecule has 176 valence electrons. The number of ether oxygens (including phenoxy) is 1. The molecule has 0 fully saturated rings. The molecule has 3 aromatic rings. The molecule has 4 rings (SSSR count). The van der Waals surface area contributed by atoms with Gasteiger partial charge in [0.1, 0.15) is 5.76 Å². The zero-order chi connectivity index (χ0) is 24.3. The van der Waals surface area contributed by atoms with Crippen LogP contribution in [-0.4, -0.2) is 23.7 Å². The molecular formula is C30H33NO3. The molecule has 2 N–H and O–H groups in total. The van der Waals surface area contributed by atoms with Crippen LogP contribution in [0.1, 0.15) is 43.4 Å². The van der Waals surface area contributed by atoms with E-state index in [0.717, 1.165) is 22.4 Å². The van der Waals surface area contributed by atoms with Gasteiger partial charge in [-0.05, 0) is 34.2 Å². The highest BCUT2D eigenvalue weighted by molar-refractivity contribution is 5.94. The average Bonchev–Trinajstić information content (AvgIpc) is 3.04. The van der Waals surface area contributed by atoms with E-state index in [1.54, 1.807) is 0 Å². The van der Waals surface area contributed by atoms with Crippen LogP contribution in [0.25, 0.3) is 0 Å². The Morgan fingerprint density at radius 3 is 1.94 bits per heavy atom. The van der Waals surface area contributed by atoms with Gasteiger partial charge in [-0.3, -0.25) is 0 Å². The summed E-state index contributed by atoms with van der Waals surface area (Å²) in [5, 5.41) is 15.0. The van der Waals surface area contributed by atoms with Crippen LogP contribution in [0.5, 0.6) is 0 Å². The smallest absolute Gasteiger partial charge is 0.339 e. The fourth-order valence-electron chi connectivity index (χ4n) is 5.00. The molecule has 34 heavy (non-hydrogen) atoms. The topological polar surface area (TPSA) is 58.6 Å². The average molecular weight is 456 g/mol. The maximum atomic E-state index is 13.5. The summed E-state index contributed by atoms with van der Waals surface area (Å²) in [6.45, 7) is 6.27. The number of anilines is 1. The van der Waals surface area contributed by atoms with Gasteiger partial charge >= 0.3 is 5.97 Å². The second-order valence-corrected chi connectivity index (χ2v) is 10.1. The van der Waals surface area contributed by atoms with E-state index in [1.807, 2.05) is 92.0 Å². The summed E-state index contributed by atoms with van der Waals surface area (Å²) in [5.74, 6) is -0.735. The van der Waals surface area contributed by atoms with Gasteiger partial charge in [0.15, 0.2) is 5.60 Å². The maximum absolute atomic E-state index is 13.5. The third kappa shape index (κ3) is 4.72. The van der Waals surface area contributed by atoms with Gasteiger partial charge in [-0.1, -0.05) is 93.6 Å². The number of carbonyl (C=O) groups excluding carboxylic acids is 1. The van der Waals surface area contributed by atoms with Gasteiger partial charge in [-0.15, -0.1) is 0 Å². The van der Waals surface area contributed by atoms with Crippen LogP contribution in [0.4, 0.5) is 5.69 Å². The number of hydrogen-bond acceptors (Lipinski definition) is 4. The molecule has 0 bridgehead atoms. The normalized spacial score (nSPS) is 16.3. The first-order valence-corrected chi connectivity index (χ1v) is 11.8. The molecule has 4 nitrogen and oxygen atoms in total. The van der Waals surface area contributed by atoms with Gasteiger partial charge in [0, 0.05) is 31.5 Å². The Morgan fingerprint density at radius 1 is 0.882 bits per heavy atom. The largest absolute Gasteiger partial charge is 0.507 e. The summed E-state index contributed by atoms with van der Waals surface area (Å²) < 4.78 is 6.16. The number of aliphatic hydroxyl groups excluding tert-OH is 1. The van der Waals surface area contributed by atoms with Crippen LogP contribution in [0.2, 0.25) is 0 Å². The molecule has 1 unspecified atom stereocenters. The standard InChI is InChI=1S/C30H33NO3/c1-29(2,3)26(23-16-11-17-24(18-23)31-4)25-27(32)30(34-28(25)33,19-21-12-7-5-8-13-21)20-22-14-9-6-10-15-22/h5-18,26,31-32H,19-20H2,1-4H3. The monoisotopic (exact) mass is 455 g/mol. The summed E-state index contributed by atoms with van der Waals surface area (Å²) in [5.41, 5.74) is 2.80. The van der Waals surface area contributed by atoms with Gasteiger partial charge in [0.2, 0.25) is 0 Å². The van der Waals surface area contributed by atoms with Crippen molar-refractivity contribution in [2.45, 2.75) is 45.1 Å². The summed E-state index contributed by atoms with van der Waals surface area (Å²) in [6.07, 6.45) is 0.800. The second kappa shape index (κ2) is 9.38. The Labute approximate surface area is 202 Å². The van der Waals surface area contributed by atoms with Gasteiger partial charge in [0.05, 0.1) is 5.57 Å². The minimum Gasteiger partial charge on any atom is -0.507 e. The summed E-state index contributed by atoms with van der Waals surface area (Å²) in [7, 11) is 1.87. The Kier molecular flexibility index (Phi) is 6.52. The number of carbonyl (C=O) groups is 1. The lowest BCUT2D eigenvalue weighted by atomic mass is 9.71. The number of hydrogen-bond donors (Lipinski definition) is 2.